The summed E-state index contributed by atoms with van der Waals surface area (Å²) in [5, 5.41) is 9.91. The second kappa shape index (κ2) is 8.27. The fraction of sp³-hybridized carbons (Fsp3) is 0.158. The highest BCUT2D eigenvalue weighted by Crippen LogP contribution is 2.26. The molecule has 7 heteroatoms. The van der Waals surface area contributed by atoms with Gasteiger partial charge in [0, 0.05) is 12.2 Å². The van der Waals surface area contributed by atoms with E-state index >= 15 is 0 Å². The Bertz CT molecular complexity index is 901. The molecule has 3 aromatic rings. The second-order valence-electron chi connectivity index (χ2n) is 5.99. The maximum Gasteiger partial charge on any atom is 0.266 e. The van der Waals surface area contributed by atoms with Gasteiger partial charge in [-0.05, 0) is 54.7 Å². The Morgan fingerprint density at radius 1 is 0.962 bits per heavy atom. The number of anilines is 2. The molecule has 0 unspecified atom stereocenters. The highest BCUT2D eigenvalue weighted by molar-refractivity contribution is 7.15. The number of rotatable bonds is 6. The average Bonchev–Trinajstić information content (AvgIpc) is 3.26. The fourth-order valence-electron chi connectivity index (χ4n) is 2.47. The van der Waals surface area contributed by atoms with Crippen LogP contribution in [0.1, 0.15) is 25.6 Å². The molecule has 3 rings (SSSR count). The van der Waals surface area contributed by atoms with E-state index in [2.05, 4.69) is 15.5 Å². The third-order valence-corrected chi connectivity index (χ3v) is 5.26. The Labute approximate surface area is 160 Å². The molecule has 0 aliphatic heterocycles. The molecule has 0 bridgehead atoms. The molecule has 2 N–H and O–H groups in total. The second-order valence-corrected chi connectivity index (χ2v) is 7.85. The van der Waals surface area contributed by atoms with Gasteiger partial charge in [0.1, 0.15) is 5.00 Å². The van der Waals surface area contributed by atoms with Crippen molar-refractivity contribution in [2.45, 2.75) is 6.54 Å². The lowest BCUT2D eigenvalue weighted by molar-refractivity contribution is 0.102. The predicted molar refractivity (Wildman–Crippen MR) is 108 cm³/mol. The molecule has 0 aliphatic carbocycles. The largest absolute Gasteiger partial charge is 0.322 e. The van der Waals surface area contributed by atoms with Gasteiger partial charge in [0.15, 0.2) is 0 Å². The van der Waals surface area contributed by atoms with Gasteiger partial charge in [-0.25, -0.2) is 0 Å². The topological polar surface area (TPSA) is 61.4 Å². The molecule has 0 saturated heterocycles. The zero-order valence-corrected chi connectivity index (χ0v) is 16.1. The third-order valence-electron chi connectivity index (χ3n) is 3.57. The molecule has 2 amide bonds. The van der Waals surface area contributed by atoms with E-state index in [1.807, 2.05) is 49.8 Å². The van der Waals surface area contributed by atoms with Crippen molar-refractivity contribution >= 4 is 45.2 Å². The summed E-state index contributed by atoms with van der Waals surface area (Å²) in [5.41, 5.74) is 2.30. The normalized spacial score (nSPS) is 10.7. The van der Waals surface area contributed by atoms with Crippen molar-refractivity contribution in [1.29, 1.82) is 0 Å². The highest BCUT2D eigenvalue weighted by atomic mass is 32.1. The van der Waals surface area contributed by atoms with Gasteiger partial charge in [0.25, 0.3) is 11.8 Å². The summed E-state index contributed by atoms with van der Waals surface area (Å²) in [6, 6.07) is 13.0. The zero-order valence-electron chi connectivity index (χ0n) is 14.5. The summed E-state index contributed by atoms with van der Waals surface area (Å²) >= 11 is 2.69. The number of hydrogen-bond acceptors (Lipinski definition) is 5. The van der Waals surface area contributed by atoms with Crippen LogP contribution in [0, 0.1) is 0 Å². The molecule has 0 spiro atoms. The molecule has 2 aromatic heterocycles. The minimum Gasteiger partial charge on any atom is -0.322 e. The first-order valence-corrected chi connectivity index (χ1v) is 9.76. The lowest BCUT2D eigenvalue weighted by atomic mass is 10.2. The Kier molecular flexibility index (Phi) is 5.82. The van der Waals surface area contributed by atoms with E-state index < -0.39 is 0 Å². The summed E-state index contributed by atoms with van der Waals surface area (Å²) in [7, 11) is 4.00. The first-order valence-electron chi connectivity index (χ1n) is 8.00. The van der Waals surface area contributed by atoms with E-state index in [0.29, 0.717) is 15.4 Å². The van der Waals surface area contributed by atoms with Crippen LogP contribution in [0.3, 0.4) is 0 Å². The standard InChI is InChI=1S/C19H19N3O2S2/c1-22(2)12-13-5-3-6-14(11-13)20-17(23)15-8-10-26-19(15)21-18(24)16-7-4-9-25-16/h3-11H,12H2,1-2H3,(H,20,23)(H,21,24). The third kappa shape index (κ3) is 4.57. The maximum absolute atomic E-state index is 12.6. The molecule has 0 atom stereocenters. The molecule has 1 aromatic carbocycles. The summed E-state index contributed by atoms with van der Waals surface area (Å²) in [5.74, 6) is -0.445. The van der Waals surface area contributed by atoms with E-state index in [-0.39, 0.29) is 11.8 Å². The highest BCUT2D eigenvalue weighted by Gasteiger charge is 2.16. The van der Waals surface area contributed by atoms with Crippen LogP contribution in [0.5, 0.6) is 0 Å². The van der Waals surface area contributed by atoms with E-state index in [1.54, 1.807) is 17.5 Å². The van der Waals surface area contributed by atoms with Crippen molar-refractivity contribution in [3.8, 4) is 0 Å². The van der Waals surface area contributed by atoms with Gasteiger partial charge in [0.05, 0.1) is 10.4 Å². The SMILES string of the molecule is CN(C)Cc1cccc(NC(=O)c2ccsc2NC(=O)c2cccs2)c1. The molecule has 0 saturated carbocycles. The smallest absolute Gasteiger partial charge is 0.266 e. The Morgan fingerprint density at radius 2 is 1.81 bits per heavy atom. The van der Waals surface area contributed by atoms with Crippen molar-refractivity contribution in [3.63, 3.8) is 0 Å². The van der Waals surface area contributed by atoms with Crippen LogP contribution < -0.4 is 10.6 Å². The average molecular weight is 386 g/mol. The molecule has 0 fully saturated rings. The van der Waals surface area contributed by atoms with Crippen LogP contribution in [0.15, 0.2) is 53.2 Å². The van der Waals surface area contributed by atoms with Gasteiger partial charge in [0.2, 0.25) is 0 Å². The molecule has 5 nitrogen and oxygen atoms in total. The van der Waals surface area contributed by atoms with Crippen molar-refractivity contribution in [1.82, 2.24) is 4.90 Å². The van der Waals surface area contributed by atoms with E-state index in [4.69, 9.17) is 0 Å². The molecular formula is C19H19N3O2S2. The number of nitrogens with one attached hydrogen (secondary N) is 2. The minimum atomic E-state index is -0.241. The van der Waals surface area contributed by atoms with E-state index in [1.165, 1.54) is 22.7 Å². The zero-order chi connectivity index (χ0) is 18.5. The first-order chi connectivity index (χ1) is 12.5. The molecular weight excluding hydrogens is 366 g/mol. The van der Waals surface area contributed by atoms with Crippen molar-refractivity contribution < 1.29 is 9.59 Å². The van der Waals surface area contributed by atoms with Crippen molar-refractivity contribution in [3.05, 3.63) is 69.2 Å². The molecule has 2 heterocycles. The van der Waals surface area contributed by atoms with Crippen LogP contribution in [-0.4, -0.2) is 30.8 Å². The van der Waals surface area contributed by atoms with Crippen LogP contribution in [0.2, 0.25) is 0 Å². The van der Waals surface area contributed by atoms with E-state index in [9.17, 15) is 9.59 Å². The number of hydrogen-bond donors (Lipinski definition) is 2. The van der Waals surface area contributed by atoms with Gasteiger partial charge < -0.3 is 15.5 Å². The number of thiophene rings is 2. The minimum absolute atomic E-state index is 0.204. The lowest BCUT2D eigenvalue weighted by Crippen LogP contribution is -2.16. The van der Waals surface area contributed by atoms with Crippen LogP contribution in [0.25, 0.3) is 0 Å². The van der Waals surface area contributed by atoms with Gasteiger partial charge in [-0.15, -0.1) is 22.7 Å². The Balaban J connectivity index is 1.71. The summed E-state index contributed by atoms with van der Waals surface area (Å²) in [6.45, 7) is 0.796. The van der Waals surface area contributed by atoms with Crippen molar-refractivity contribution in [2.75, 3.05) is 24.7 Å². The fourth-order valence-corrected chi connectivity index (χ4v) is 3.87. The Morgan fingerprint density at radius 3 is 2.54 bits per heavy atom. The van der Waals surface area contributed by atoms with Crippen LogP contribution in [0.4, 0.5) is 10.7 Å². The number of benzene rings is 1. The summed E-state index contributed by atoms with van der Waals surface area (Å²) < 4.78 is 0. The summed E-state index contributed by atoms with van der Waals surface area (Å²) in [6.07, 6.45) is 0. The number of carbonyl (C=O) groups excluding carboxylic acids is 2. The Hall–Kier alpha value is -2.48. The monoisotopic (exact) mass is 385 g/mol. The molecule has 0 radical (unpaired) electrons. The van der Waals surface area contributed by atoms with Crippen LogP contribution >= 0.6 is 22.7 Å². The first kappa shape index (κ1) is 18.3. The van der Waals surface area contributed by atoms with Gasteiger partial charge >= 0.3 is 0 Å². The van der Waals surface area contributed by atoms with Gasteiger partial charge in [-0.1, -0.05) is 18.2 Å². The predicted octanol–water partition coefficient (Wildman–Crippen LogP) is 4.38. The molecule has 134 valence electrons. The number of carbonyl (C=O) groups is 2. The number of amides is 2. The van der Waals surface area contributed by atoms with Gasteiger partial charge in [-0.3, -0.25) is 9.59 Å². The van der Waals surface area contributed by atoms with E-state index in [0.717, 1.165) is 17.8 Å². The summed E-state index contributed by atoms with van der Waals surface area (Å²) in [4.78, 5) is 27.5. The van der Waals surface area contributed by atoms with Crippen LogP contribution in [-0.2, 0) is 6.54 Å². The number of nitrogens with zero attached hydrogens (tertiary/aromatic N) is 1. The van der Waals surface area contributed by atoms with Crippen molar-refractivity contribution in [2.24, 2.45) is 0 Å². The molecule has 26 heavy (non-hydrogen) atoms. The lowest BCUT2D eigenvalue weighted by Gasteiger charge is -2.12. The quantitative estimate of drug-likeness (QED) is 0.662. The molecule has 0 aliphatic rings. The van der Waals surface area contributed by atoms with Gasteiger partial charge in [-0.2, -0.15) is 0 Å². The maximum atomic E-state index is 12.6.